The van der Waals surface area contributed by atoms with Crippen molar-refractivity contribution in [3.8, 4) is 11.5 Å². The molecule has 0 amide bonds. The summed E-state index contributed by atoms with van der Waals surface area (Å²) in [5.41, 5.74) is 2.69. The van der Waals surface area contributed by atoms with Gasteiger partial charge in [-0.2, -0.15) is 0 Å². The van der Waals surface area contributed by atoms with Gasteiger partial charge < -0.3 is 9.47 Å². The molecule has 0 aliphatic heterocycles. The Kier molecular flexibility index (Phi) is 7.10. The molecule has 0 atom stereocenters. The van der Waals surface area contributed by atoms with Crippen LogP contribution in [-0.2, 0) is 16.6 Å². The van der Waals surface area contributed by atoms with E-state index in [9.17, 15) is 13.2 Å². The molecule has 0 aliphatic rings. The van der Waals surface area contributed by atoms with Gasteiger partial charge in [-0.25, -0.2) is 8.42 Å². The minimum atomic E-state index is -3.36. The highest BCUT2D eigenvalue weighted by atomic mass is 32.2. The van der Waals surface area contributed by atoms with Crippen LogP contribution in [0.1, 0.15) is 21.5 Å². The first-order chi connectivity index (χ1) is 14.8. The van der Waals surface area contributed by atoms with Crippen LogP contribution in [0, 0.1) is 0 Å². The van der Waals surface area contributed by atoms with E-state index in [1.807, 2.05) is 36.4 Å². The van der Waals surface area contributed by atoms with E-state index >= 15 is 0 Å². The molecule has 0 unspecified atom stereocenters. The first kappa shape index (κ1) is 22.1. The van der Waals surface area contributed by atoms with Crippen molar-refractivity contribution in [1.29, 1.82) is 0 Å². The zero-order valence-electron chi connectivity index (χ0n) is 17.2. The van der Waals surface area contributed by atoms with Gasteiger partial charge in [0.25, 0.3) is 0 Å². The average Bonchev–Trinajstić information content (AvgIpc) is 2.76. The van der Waals surface area contributed by atoms with Gasteiger partial charge >= 0.3 is 0 Å². The molecule has 7 heteroatoms. The molecule has 0 radical (unpaired) electrons. The van der Waals surface area contributed by atoms with E-state index in [0.717, 1.165) is 17.4 Å². The maximum Gasteiger partial charge on any atom is 0.229 e. The molecule has 0 saturated heterocycles. The average molecular weight is 438 g/mol. The number of methoxy groups -OCH3 is 1. The van der Waals surface area contributed by atoms with Gasteiger partial charge in [0.15, 0.2) is 17.3 Å². The molecule has 0 heterocycles. The van der Waals surface area contributed by atoms with Crippen LogP contribution in [0.3, 0.4) is 0 Å². The summed E-state index contributed by atoms with van der Waals surface area (Å²) in [7, 11) is -1.79. The summed E-state index contributed by atoms with van der Waals surface area (Å²) in [6.07, 6.45) is 4.22. The normalized spacial score (nSPS) is 11.3. The number of benzene rings is 3. The summed E-state index contributed by atoms with van der Waals surface area (Å²) in [5.74, 6) is 0.986. The number of ketones is 1. The molecule has 31 heavy (non-hydrogen) atoms. The molecule has 1 N–H and O–H groups in total. The largest absolute Gasteiger partial charge is 0.493 e. The molecule has 0 saturated carbocycles. The predicted octanol–water partition coefficient (Wildman–Crippen LogP) is 4.54. The lowest BCUT2D eigenvalue weighted by atomic mass is 10.1. The lowest BCUT2D eigenvalue weighted by Crippen LogP contribution is -2.09. The van der Waals surface area contributed by atoms with E-state index in [1.54, 1.807) is 49.6 Å². The summed E-state index contributed by atoms with van der Waals surface area (Å²) in [6.45, 7) is 0.426. The van der Waals surface area contributed by atoms with Crippen LogP contribution in [0.5, 0.6) is 11.5 Å². The van der Waals surface area contributed by atoms with Gasteiger partial charge in [0.1, 0.15) is 6.61 Å². The monoisotopic (exact) mass is 437 g/mol. The zero-order chi connectivity index (χ0) is 22.3. The Labute approximate surface area is 182 Å². The van der Waals surface area contributed by atoms with E-state index < -0.39 is 10.0 Å². The Bertz CT molecular complexity index is 1170. The third-order valence-electron chi connectivity index (χ3n) is 4.32. The molecular weight excluding hydrogens is 414 g/mol. The van der Waals surface area contributed by atoms with Gasteiger partial charge in [0, 0.05) is 11.3 Å². The van der Waals surface area contributed by atoms with E-state index in [2.05, 4.69) is 4.72 Å². The minimum Gasteiger partial charge on any atom is -0.493 e. The van der Waals surface area contributed by atoms with Gasteiger partial charge in [-0.15, -0.1) is 0 Å². The van der Waals surface area contributed by atoms with Gasteiger partial charge in [-0.05, 0) is 53.6 Å². The second kappa shape index (κ2) is 9.95. The van der Waals surface area contributed by atoms with Crippen molar-refractivity contribution >= 4 is 27.6 Å². The van der Waals surface area contributed by atoms with Gasteiger partial charge in [-0.1, -0.05) is 42.5 Å². The SMILES string of the molecule is COc1cc(/C=C/C(=O)c2ccc(NS(C)(=O)=O)cc2)ccc1OCc1ccccc1. The van der Waals surface area contributed by atoms with Crippen molar-refractivity contribution in [2.45, 2.75) is 6.61 Å². The molecule has 0 aromatic heterocycles. The third-order valence-corrected chi connectivity index (χ3v) is 4.93. The fourth-order valence-electron chi connectivity index (χ4n) is 2.83. The van der Waals surface area contributed by atoms with Crippen molar-refractivity contribution in [3.63, 3.8) is 0 Å². The van der Waals surface area contributed by atoms with Crippen molar-refractivity contribution in [2.75, 3.05) is 18.1 Å². The number of allylic oxidation sites excluding steroid dienone is 1. The van der Waals surface area contributed by atoms with Gasteiger partial charge in [0.05, 0.1) is 13.4 Å². The van der Waals surface area contributed by atoms with Crippen LogP contribution in [0.25, 0.3) is 6.08 Å². The smallest absolute Gasteiger partial charge is 0.229 e. The van der Waals surface area contributed by atoms with Crippen LogP contribution >= 0.6 is 0 Å². The number of ether oxygens (including phenoxy) is 2. The maximum absolute atomic E-state index is 12.4. The van der Waals surface area contributed by atoms with E-state index in [-0.39, 0.29) is 5.78 Å². The number of nitrogens with one attached hydrogen (secondary N) is 1. The summed E-state index contributed by atoms with van der Waals surface area (Å²) in [5, 5.41) is 0. The first-order valence-corrected chi connectivity index (χ1v) is 11.4. The highest BCUT2D eigenvalue weighted by Crippen LogP contribution is 2.29. The maximum atomic E-state index is 12.4. The van der Waals surface area contributed by atoms with Crippen molar-refractivity contribution in [3.05, 3.63) is 95.6 Å². The second-order valence-electron chi connectivity index (χ2n) is 6.83. The Hall–Kier alpha value is -3.58. The fourth-order valence-corrected chi connectivity index (χ4v) is 3.39. The van der Waals surface area contributed by atoms with E-state index in [4.69, 9.17) is 9.47 Å². The molecule has 160 valence electrons. The molecule has 6 nitrogen and oxygen atoms in total. The first-order valence-electron chi connectivity index (χ1n) is 9.49. The van der Waals surface area contributed by atoms with Crippen LogP contribution in [-0.4, -0.2) is 27.6 Å². The summed E-state index contributed by atoms with van der Waals surface area (Å²) < 4.78 is 36.1. The fraction of sp³-hybridized carbons (Fsp3) is 0.125. The lowest BCUT2D eigenvalue weighted by molar-refractivity contribution is 0.104. The summed E-state index contributed by atoms with van der Waals surface area (Å²) in [6, 6.07) is 21.5. The zero-order valence-corrected chi connectivity index (χ0v) is 18.1. The Morgan fingerprint density at radius 3 is 2.32 bits per heavy atom. The Morgan fingerprint density at radius 1 is 0.968 bits per heavy atom. The topological polar surface area (TPSA) is 81.7 Å². The van der Waals surface area contributed by atoms with E-state index in [0.29, 0.717) is 29.4 Å². The predicted molar refractivity (Wildman–Crippen MR) is 122 cm³/mol. The molecule has 0 spiro atoms. The van der Waals surface area contributed by atoms with Crippen molar-refractivity contribution in [1.82, 2.24) is 0 Å². The second-order valence-corrected chi connectivity index (χ2v) is 8.58. The van der Waals surface area contributed by atoms with E-state index in [1.165, 1.54) is 6.08 Å². The molecule has 0 fully saturated rings. The quantitative estimate of drug-likeness (QED) is 0.393. The minimum absolute atomic E-state index is 0.200. The highest BCUT2D eigenvalue weighted by molar-refractivity contribution is 7.92. The molecular formula is C24H23NO5S. The number of sulfonamides is 1. The Balaban J connectivity index is 1.66. The standard InChI is InChI=1S/C24H23NO5S/c1-29-24-16-18(9-15-23(24)30-17-19-6-4-3-5-7-19)8-14-22(26)20-10-12-21(13-11-20)25-31(2,27)28/h3-16,25H,17H2,1-2H3/b14-8+. The number of hydrogen-bond donors (Lipinski definition) is 1. The van der Waals surface area contributed by atoms with Crippen LogP contribution in [0.4, 0.5) is 5.69 Å². The third kappa shape index (κ3) is 6.72. The molecule has 3 rings (SSSR count). The highest BCUT2D eigenvalue weighted by Gasteiger charge is 2.07. The van der Waals surface area contributed by atoms with Crippen molar-refractivity contribution < 1.29 is 22.7 Å². The number of rotatable bonds is 9. The number of hydrogen-bond acceptors (Lipinski definition) is 5. The summed E-state index contributed by atoms with van der Waals surface area (Å²) >= 11 is 0. The van der Waals surface area contributed by atoms with Crippen molar-refractivity contribution in [2.24, 2.45) is 0 Å². The van der Waals surface area contributed by atoms with Crippen LogP contribution < -0.4 is 14.2 Å². The Morgan fingerprint density at radius 2 is 1.68 bits per heavy atom. The summed E-state index contributed by atoms with van der Waals surface area (Å²) in [4.78, 5) is 12.4. The number of anilines is 1. The van der Waals surface area contributed by atoms with Crippen LogP contribution in [0.15, 0.2) is 78.9 Å². The van der Waals surface area contributed by atoms with Crippen LogP contribution in [0.2, 0.25) is 0 Å². The molecule has 3 aromatic rings. The van der Waals surface area contributed by atoms with Gasteiger partial charge in [-0.3, -0.25) is 9.52 Å². The lowest BCUT2D eigenvalue weighted by Gasteiger charge is -2.11. The number of carbonyl (C=O) groups excluding carboxylic acids is 1. The molecule has 0 bridgehead atoms. The molecule has 3 aromatic carbocycles. The number of carbonyl (C=O) groups is 1. The van der Waals surface area contributed by atoms with Gasteiger partial charge in [0.2, 0.25) is 10.0 Å². The molecule has 0 aliphatic carbocycles.